The van der Waals surface area contributed by atoms with E-state index in [1.165, 1.54) is 18.4 Å². The first-order chi connectivity index (χ1) is 12.8. The van der Waals surface area contributed by atoms with Crippen LogP contribution in [0.5, 0.6) is 0 Å². The van der Waals surface area contributed by atoms with Crippen LogP contribution in [0, 0.1) is 0 Å². The average molecular weight is 388 g/mol. The maximum absolute atomic E-state index is 12.9. The Kier molecular flexibility index (Phi) is 5.51. The first kappa shape index (κ1) is 19.4. The van der Waals surface area contributed by atoms with Gasteiger partial charge in [-0.1, -0.05) is 50.3 Å². The summed E-state index contributed by atoms with van der Waals surface area (Å²) in [5, 5.41) is 3.35. The number of nitrogens with one attached hydrogen (secondary N) is 1. The second-order valence-corrected chi connectivity index (χ2v) is 8.61. The number of carbonyl (C=O) groups is 2. The molecule has 1 aliphatic rings. The first-order valence-electron chi connectivity index (χ1n) is 9.03. The van der Waals surface area contributed by atoms with Gasteiger partial charge in [0.25, 0.3) is 0 Å². The molecule has 0 saturated carbocycles. The summed E-state index contributed by atoms with van der Waals surface area (Å²) in [7, 11) is 1.35. The Labute approximate surface area is 163 Å². The summed E-state index contributed by atoms with van der Waals surface area (Å²) in [5.74, 6) is -0.522. The Bertz CT molecular complexity index is 827. The molecule has 0 aliphatic carbocycles. The number of hydrogen-bond acceptors (Lipinski definition) is 6. The van der Waals surface area contributed by atoms with Gasteiger partial charge < -0.3 is 15.0 Å². The molecule has 1 N–H and O–H groups in total. The van der Waals surface area contributed by atoms with E-state index in [1.54, 1.807) is 0 Å². The number of nitrogens with zero attached hydrogens (tertiary/aromatic N) is 2. The summed E-state index contributed by atoms with van der Waals surface area (Å²) in [4.78, 5) is 32.1. The third kappa shape index (κ3) is 4.13. The molecular weight excluding hydrogens is 362 g/mol. The normalized spacial score (nSPS) is 17.0. The molecule has 1 amide bonds. The summed E-state index contributed by atoms with van der Waals surface area (Å²) in [6.45, 7) is 6.79. The van der Waals surface area contributed by atoms with Gasteiger partial charge in [-0.05, 0) is 25.0 Å². The summed E-state index contributed by atoms with van der Waals surface area (Å²) in [6.07, 6.45) is 1.76. The van der Waals surface area contributed by atoms with Crippen molar-refractivity contribution in [2.45, 2.75) is 45.1 Å². The zero-order valence-corrected chi connectivity index (χ0v) is 16.9. The van der Waals surface area contributed by atoms with Crippen molar-refractivity contribution < 1.29 is 14.3 Å². The van der Waals surface area contributed by atoms with Gasteiger partial charge in [-0.3, -0.25) is 4.79 Å². The van der Waals surface area contributed by atoms with Crippen LogP contribution in [0.15, 0.2) is 30.3 Å². The van der Waals surface area contributed by atoms with Crippen LogP contribution < -0.4 is 10.2 Å². The summed E-state index contributed by atoms with van der Waals surface area (Å²) in [6, 6.07) is 9.70. The molecule has 1 aromatic carbocycles. The van der Waals surface area contributed by atoms with Gasteiger partial charge >= 0.3 is 5.97 Å². The molecule has 3 rings (SSSR count). The van der Waals surface area contributed by atoms with E-state index in [2.05, 4.69) is 15.2 Å². The van der Waals surface area contributed by atoms with Crippen LogP contribution >= 0.6 is 11.3 Å². The van der Waals surface area contributed by atoms with E-state index in [0.29, 0.717) is 15.7 Å². The van der Waals surface area contributed by atoms with Gasteiger partial charge in [0.1, 0.15) is 10.9 Å². The van der Waals surface area contributed by atoms with E-state index < -0.39 is 5.97 Å². The number of aromatic nitrogens is 1. The van der Waals surface area contributed by atoms with Crippen molar-refractivity contribution in [1.29, 1.82) is 0 Å². The first-order valence-corrected chi connectivity index (χ1v) is 9.85. The molecule has 1 aromatic heterocycles. The van der Waals surface area contributed by atoms with Crippen molar-refractivity contribution >= 4 is 34.0 Å². The van der Waals surface area contributed by atoms with Crippen LogP contribution in [-0.4, -0.2) is 36.6 Å². The van der Waals surface area contributed by atoms with Crippen molar-refractivity contribution in [2.75, 3.05) is 23.9 Å². The Hall–Kier alpha value is -2.41. The lowest BCUT2D eigenvalue weighted by atomic mass is 9.91. The minimum absolute atomic E-state index is 0.0954. The van der Waals surface area contributed by atoms with Crippen molar-refractivity contribution in [3.8, 4) is 0 Å². The number of rotatable bonds is 4. The lowest BCUT2D eigenvalue weighted by Gasteiger charge is -2.25. The molecular formula is C20H25N3O3S. The molecule has 144 valence electrons. The number of ether oxygens (including phenoxy) is 1. The Morgan fingerprint density at radius 1 is 1.26 bits per heavy atom. The van der Waals surface area contributed by atoms with Crippen molar-refractivity contribution in [1.82, 2.24) is 4.98 Å². The number of benzene rings is 1. The predicted octanol–water partition coefficient (Wildman–Crippen LogP) is 3.83. The number of carbonyl (C=O) groups excluding carboxylic acids is 2. The number of thiazole rings is 1. The predicted molar refractivity (Wildman–Crippen MR) is 108 cm³/mol. The number of anilines is 2. The number of para-hydroxylation sites is 1. The fraction of sp³-hybridized carbons (Fsp3) is 0.450. The largest absolute Gasteiger partial charge is 0.465 e. The Morgan fingerprint density at radius 2 is 1.96 bits per heavy atom. The molecule has 2 aromatic rings. The summed E-state index contributed by atoms with van der Waals surface area (Å²) >= 11 is 1.17. The third-order valence-electron chi connectivity index (χ3n) is 4.58. The van der Waals surface area contributed by atoms with Crippen molar-refractivity contribution in [3.63, 3.8) is 0 Å². The van der Waals surface area contributed by atoms with Gasteiger partial charge in [0, 0.05) is 17.6 Å². The van der Waals surface area contributed by atoms with Gasteiger partial charge in [-0.25, -0.2) is 9.78 Å². The molecule has 1 atom stereocenters. The number of hydrogen-bond donors (Lipinski definition) is 1. The number of amides is 1. The zero-order chi connectivity index (χ0) is 19.6. The molecule has 27 heavy (non-hydrogen) atoms. The molecule has 0 radical (unpaired) electrons. The molecule has 6 nitrogen and oxygen atoms in total. The van der Waals surface area contributed by atoms with Crippen LogP contribution in [0.25, 0.3) is 0 Å². The Morgan fingerprint density at radius 3 is 2.59 bits per heavy atom. The van der Waals surface area contributed by atoms with E-state index in [4.69, 9.17) is 4.74 Å². The van der Waals surface area contributed by atoms with Gasteiger partial charge in [-0.2, -0.15) is 0 Å². The van der Waals surface area contributed by atoms with Crippen LogP contribution in [0.4, 0.5) is 10.8 Å². The molecule has 7 heteroatoms. The van der Waals surface area contributed by atoms with Gasteiger partial charge in [0.15, 0.2) is 5.13 Å². The van der Waals surface area contributed by atoms with Crippen LogP contribution in [0.2, 0.25) is 0 Å². The molecule has 0 bridgehead atoms. The van der Waals surface area contributed by atoms with Gasteiger partial charge in [-0.15, -0.1) is 0 Å². The maximum atomic E-state index is 12.9. The standard InChI is InChI=1S/C20H25N3O3S/c1-20(2,3)16-15(18(25)26-4)27-19(21-16)22-17(24)14-11-8-12-23(14)13-9-6-5-7-10-13/h5-7,9-10,14H,8,11-12H2,1-4H3,(H,21,22,24). The SMILES string of the molecule is COC(=O)c1sc(NC(=O)C2CCCN2c2ccccc2)nc1C(C)(C)C. The van der Waals surface area contributed by atoms with E-state index in [0.717, 1.165) is 25.1 Å². The lowest BCUT2D eigenvalue weighted by molar-refractivity contribution is -0.117. The van der Waals surface area contributed by atoms with Crippen LogP contribution in [0.3, 0.4) is 0 Å². The van der Waals surface area contributed by atoms with E-state index in [1.807, 2.05) is 51.1 Å². The fourth-order valence-corrected chi connectivity index (χ4v) is 4.37. The second kappa shape index (κ2) is 7.68. The van der Waals surface area contributed by atoms with Gasteiger partial charge in [0.05, 0.1) is 12.8 Å². The highest BCUT2D eigenvalue weighted by atomic mass is 32.1. The molecule has 1 fully saturated rings. The fourth-order valence-electron chi connectivity index (χ4n) is 3.27. The number of esters is 1. The van der Waals surface area contributed by atoms with Crippen LogP contribution in [-0.2, 0) is 14.9 Å². The monoisotopic (exact) mass is 387 g/mol. The Balaban J connectivity index is 1.81. The highest BCUT2D eigenvalue weighted by Gasteiger charge is 2.33. The smallest absolute Gasteiger partial charge is 0.350 e. The van der Waals surface area contributed by atoms with E-state index in [-0.39, 0.29) is 17.4 Å². The maximum Gasteiger partial charge on any atom is 0.350 e. The molecule has 1 saturated heterocycles. The minimum atomic E-state index is -0.426. The highest BCUT2D eigenvalue weighted by molar-refractivity contribution is 7.17. The van der Waals surface area contributed by atoms with Crippen LogP contribution in [0.1, 0.15) is 49.0 Å². The quantitative estimate of drug-likeness (QED) is 0.807. The number of methoxy groups -OCH3 is 1. The van der Waals surface area contributed by atoms with Crippen molar-refractivity contribution in [3.05, 3.63) is 40.9 Å². The molecule has 0 spiro atoms. The zero-order valence-electron chi connectivity index (χ0n) is 16.1. The molecule has 2 heterocycles. The highest BCUT2D eigenvalue weighted by Crippen LogP contribution is 2.33. The third-order valence-corrected chi connectivity index (χ3v) is 5.53. The van der Waals surface area contributed by atoms with E-state index >= 15 is 0 Å². The molecule has 1 aliphatic heterocycles. The summed E-state index contributed by atoms with van der Waals surface area (Å²) in [5.41, 5.74) is 1.35. The summed E-state index contributed by atoms with van der Waals surface area (Å²) < 4.78 is 4.88. The van der Waals surface area contributed by atoms with Gasteiger partial charge in [0.2, 0.25) is 5.91 Å². The van der Waals surface area contributed by atoms with E-state index in [9.17, 15) is 9.59 Å². The second-order valence-electron chi connectivity index (χ2n) is 7.61. The van der Waals surface area contributed by atoms with Crippen molar-refractivity contribution in [2.24, 2.45) is 0 Å². The topological polar surface area (TPSA) is 71.5 Å². The average Bonchev–Trinajstić information content (AvgIpc) is 3.28. The lowest BCUT2D eigenvalue weighted by Crippen LogP contribution is -2.39. The molecule has 1 unspecified atom stereocenters. The minimum Gasteiger partial charge on any atom is -0.465 e.